The van der Waals surface area contributed by atoms with Gasteiger partial charge in [0.1, 0.15) is 0 Å². The van der Waals surface area contributed by atoms with Crippen LogP contribution in [0.15, 0.2) is 17.4 Å². The molecule has 0 amide bonds. The van der Waals surface area contributed by atoms with Crippen LogP contribution in [0.5, 0.6) is 0 Å². The summed E-state index contributed by atoms with van der Waals surface area (Å²) in [4.78, 5) is 6.95. The fourth-order valence-electron chi connectivity index (χ4n) is 2.71. The van der Waals surface area contributed by atoms with Crippen molar-refractivity contribution in [2.24, 2.45) is 18.0 Å². The van der Waals surface area contributed by atoms with Crippen molar-refractivity contribution in [1.29, 1.82) is 0 Å². The lowest BCUT2D eigenvalue weighted by Crippen LogP contribution is -2.40. The van der Waals surface area contributed by atoms with E-state index in [1.807, 2.05) is 24.1 Å². The van der Waals surface area contributed by atoms with Gasteiger partial charge in [0.2, 0.25) is 0 Å². The number of aryl methyl sites for hydroxylation is 1. The lowest BCUT2D eigenvalue weighted by Gasteiger charge is -2.26. The Morgan fingerprint density at radius 3 is 2.83 bits per heavy atom. The van der Waals surface area contributed by atoms with Gasteiger partial charge >= 0.3 is 0 Å². The Kier molecular flexibility index (Phi) is 9.54. The van der Waals surface area contributed by atoms with Crippen LogP contribution in [0.2, 0.25) is 0 Å². The van der Waals surface area contributed by atoms with Crippen molar-refractivity contribution in [1.82, 2.24) is 20.0 Å². The Balaban J connectivity index is 0.00000264. The molecule has 0 aromatic carbocycles. The summed E-state index contributed by atoms with van der Waals surface area (Å²) in [5.41, 5.74) is 1.13. The van der Waals surface area contributed by atoms with Crippen molar-refractivity contribution >= 4 is 29.9 Å². The van der Waals surface area contributed by atoms with Crippen molar-refractivity contribution in [3.63, 3.8) is 0 Å². The van der Waals surface area contributed by atoms with E-state index < -0.39 is 0 Å². The van der Waals surface area contributed by atoms with E-state index in [9.17, 15) is 0 Å². The zero-order chi connectivity index (χ0) is 15.8. The van der Waals surface area contributed by atoms with Crippen LogP contribution in [-0.4, -0.2) is 54.0 Å². The number of hydrogen-bond donors (Lipinski definition) is 1. The normalized spacial score (nSPS) is 16.0. The predicted molar refractivity (Wildman–Crippen MR) is 104 cm³/mol. The third-order valence-corrected chi connectivity index (χ3v) is 4.08. The lowest BCUT2D eigenvalue weighted by molar-refractivity contribution is 0.0625. The SMILES string of the molecule is CCNC(=NCc1cnn(C)c1)N(C)CCC1CCOCC1.I. The van der Waals surface area contributed by atoms with Crippen LogP contribution >= 0.6 is 24.0 Å². The summed E-state index contributed by atoms with van der Waals surface area (Å²) in [5.74, 6) is 1.76. The number of halogens is 1. The summed E-state index contributed by atoms with van der Waals surface area (Å²) in [6, 6.07) is 0. The third-order valence-electron chi connectivity index (χ3n) is 4.08. The number of aromatic nitrogens is 2. The van der Waals surface area contributed by atoms with Gasteiger partial charge in [-0.25, -0.2) is 4.99 Å². The standard InChI is InChI=1S/C16H29N5O.HI/c1-4-17-16(18-11-15-12-19-21(3)13-15)20(2)8-5-14-6-9-22-10-7-14;/h12-14H,4-11H2,1-3H3,(H,17,18);1H. The molecule has 0 spiro atoms. The topological polar surface area (TPSA) is 54.7 Å². The molecule has 23 heavy (non-hydrogen) atoms. The van der Waals surface area contributed by atoms with Crippen LogP contribution in [-0.2, 0) is 18.3 Å². The number of hydrogen-bond acceptors (Lipinski definition) is 3. The molecule has 2 heterocycles. The molecular formula is C16H30IN5O. The predicted octanol–water partition coefficient (Wildman–Crippen LogP) is 2.25. The molecule has 1 aromatic heterocycles. The van der Waals surface area contributed by atoms with Crippen LogP contribution in [0, 0.1) is 5.92 Å². The molecular weight excluding hydrogens is 405 g/mol. The van der Waals surface area contributed by atoms with Crippen molar-refractivity contribution in [2.45, 2.75) is 32.7 Å². The van der Waals surface area contributed by atoms with Gasteiger partial charge in [0.25, 0.3) is 0 Å². The summed E-state index contributed by atoms with van der Waals surface area (Å²) in [7, 11) is 4.04. The summed E-state index contributed by atoms with van der Waals surface area (Å²) in [6.07, 6.45) is 7.47. The van der Waals surface area contributed by atoms with Crippen LogP contribution < -0.4 is 5.32 Å². The maximum Gasteiger partial charge on any atom is 0.193 e. The van der Waals surface area contributed by atoms with Gasteiger partial charge in [0.15, 0.2) is 5.96 Å². The number of rotatable bonds is 6. The highest BCUT2D eigenvalue weighted by molar-refractivity contribution is 14.0. The lowest BCUT2D eigenvalue weighted by atomic mass is 9.96. The zero-order valence-electron chi connectivity index (χ0n) is 14.5. The molecule has 132 valence electrons. The van der Waals surface area contributed by atoms with Crippen LogP contribution in [0.4, 0.5) is 0 Å². The van der Waals surface area contributed by atoms with Gasteiger partial charge in [-0.2, -0.15) is 5.10 Å². The van der Waals surface area contributed by atoms with Crippen molar-refractivity contribution in [2.75, 3.05) is 33.4 Å². The minimum absolute atomic E-state index is 0. The highest BCUT2D eigenvalue weighted by Crippen LogP contribution is 2.18. The Morgan fingerprint density at radius 2 is 2.22 bits per heavy atom. The number of ether oxygens (including phenoxy) is 1. The van der Waals surface area contributed by atoms with Gasteiger partial charge in [-0.3, -0.25) is 4.68 Å². The molecule has 0 aliphatic carbocycles. The average Bonchev–Trinajstić information content (AvgIpc) is 2.95. The Morgan fingerprint density at radius 1 is 1.48 bits per heavy atom. The molecule has 7 heteroatoms. The van der Waals surface area contributed by atoms with E-state index in [0.717, 1.165) is 43.7 Å². The van der Waals surface area contributed by atoms with Gasteiger partial charge in [0, 0.05) is 52.2 Å². The fourth-order valence-corrected chi connectivity index (χ4v) is 2.71. The summed E-state index contributed by atoms with van der Waals surface area (Å²) >= 11 is 0. The molecule has 0 atom stereocenters. The molecule has 1 saturated heterocycles. The summed E-state index contributed by atoms with van der Waals surface area (Å²) < 4.78 is 7.24. The third kappa shape index (κ3) is 7.07. The van der Waals surface area contributed by atoms with E-state index in [1.165, 1.54) is 19.3 Å². The largest absolute Gasteiger partial charge is 0.381 e. The fraction of sp³-hybridized carbons (Fsp3) is 0.750. The highest BCUT2D eigenvalue weighted by atomic mass is 127. The highest BCUT2D eigenvalue weighted by Gasteiger charge is 2.15. The van der Waals surface area contributed by atoms with Crippen LogP contribution in [0.3, 0.4) is 0 Å². The van der Waals surface area contributed by atoms with E-state index in [1.54, 1.807) is 0 Å². The number of nitrogens with zero attached hydrogens (tertiary/aromatic N) is 4. The summed E-state index contributed by atoms with van der Waals surface area (Å²) in [5, 5.41) is 7.56. The van der Waals surface area contributed by atoms with Gasteiger partial charge in [0.05, 0.1) is 12.7 Å². The molecule has 2 rings (SSSR count). The first kappa shape index (κ1) is 20.2. The monoisotopic (exact) mass is 435 g/mol. The molecule has 1 aliphatic rings. The van der Waals surface area contributed by atoms with E-state index in [-0.39, 0.29) is 24.0 Å². The molecule has 1 aromatic rings. The summed E-state index contributed by atoms with van der Waals surface area (Å²) in [6.45, 7) is 6.52. The van der Waals surface area contributed by atoms with Crippen molar-refractivity contribution < 1.29 is 4.74 Å². The maximum atomic E-state index is 5.42. The zero-order valence-corrected chi connectivity index (χ0v) is 16.8. The number of nitrogens with one attached hydrogen (secondary N) is 1. The van der Waals surface area contributed by atoms with Crippen LogP contribution in [0.25, 0.3) is 0 Å². The number of guanidine groups is 1. The smallest absolute Gasteiger partial charge is 0.193 e. The maximum absolute atomic E-state index is 5.42. The van der Waals surface area contributed by atoms with E-state index in [2.05, 4.69) is 29.3 Å². The first-order valence-corrected chi connectivity index (χ1v) is 8.23. The second-order valence-electron chi connectivity index (χ2n) is 5.96. The second-order valence-corrected chi connectivity index (χ2v) is 5.96. The van der Waals surface area contributed by atoms with E-state index in [0.29, 0.717) is 6.54 Å². The Hall–Kier alpha value is -0.830. The molecule has 0 unspecified atom stereocenters. The molecule has 0 radical (unpaired) electrons. The van der Waals surface area contributed by atoms with E-state index >= 15 is 0 Å². The Labute approximate surface area is 156 Å². The minimum Gasteiger partial charge on any atom is -0.381 e. The number of aliphatic imine (C=N–C) groups is 1. The first-order valence-electron chi connectivity index (χ1n) is 8.23. The minimum atomic E-state index is 0. The first-order chi connectivity index (χ1) is 10.7. The second kappa shape index (κ2) is 10.9. The Bertz CT molecular complexity index is 471. The quantitative estimate of drug-likeness (QED) is 0.423. The van der Waals surface area contributed by atoms with Crippen molar-refractivity contribution in [3.8, 4) is 0 Å². The molecule has 1 fully saturated rings. The van der Waals surface area contributed by atoms with E-state index in [4.69, 9.17) is 9.73 Å². The molecule has 0 saturated carbocycles. The molecule has 1 N–H and O–H groups in total. The van der Waals surface area contributed by atoms with Gasteiger partial charge < -0.3 is 15.0 Å². The molecule has 1 aliphatic heterocycles. The average molecular weight is 435 g/mol. The molecule has 0 bridgehead atoms. The van der Waals surface area contributed by atoms with Gasteiger partial charge in [-0.1, -0.05) is 0 Å². The molecule has 6 nitrogen and oxygen atoms in total. The van der Waals surface area contributed by atoms with Crippen LogP contribution in [0.1, 0.15) is 31.7 Å². The van der Waals surface area contributed by atoms with Crippen molar-refractivity contribution in [3.05, 3.63) is 18.0 Å². The van der Waals surface area contributed by atoms with Gasteiger partial charge in [-0.05, 0) is 32.1 Å². The van der Waals surface area contributed by atoms with Gasteiger partial charge in [-0.15, -0.1) is 24.0 Å².